The van der Waals surface area contributed by atoms with Gasteiger partial charge in [-0.25, -0.2) is 9.97 Å². The van der Waals surface area contributed by atoms with Crippen molar-refractivity contribution in [2.24, 2.45) is 0 Å². The quantitative estimate of drug-likeness (QED) is 0.712. The highest BCUT2D eigenvalue weighted by Crippen LogP contribution is 2.25. The minimum Gasteiger partial charge on any atom is -0.358 e. The summed E-state index contributed by atoms with van der Waals surface area (Å²) in [7, 11) is 0. The molecule has 2 aromatic heterocycles. The van der Waals surface area contributed by atoms with Gasteiger partial charge >= 0.3 is 0 Å². The van der Waals surface area contributed by atoms with Crippen molar-refractivity contribution in [2.75, 3.05) is 6.61 Å². The fourth-order valence-electron chi connectivity index (χ4n) is 2.04. The first-order valence-corrected chi connectivity index (χ1v) is 5.34. The molecule has 3 rings (SSSR count). The zero-order valence-corrected chi connectivity index (χ0v) is 8.47. The molecule has 1 saturated heterocycles. The number of nitrogens with zero attached hydrogens (tertiary/aromatic N) is 3. The Kier molecular flexibility index (Phi) is 2.14. The van der Waals surface area contributed by atoms with Gasteiger partial charge in [0.15, 0.2) is 5.65 Å². The topological polar surface area (TPSA) is 39.9 Å². The van der Waals surface area contributed by atoms with Crippen molar-refractivity contribution in [3.05, 3.63) is 24.7 Å². The van der Waals surface area contributed by atoms with E-state index in [0.29, 0.717) is 0 Å². The third kappa shape index (κ3) is 1.51. The summed E-state index contributed by atoms with van der Waals surface area (Å²) in [5.74, 6) is 0. The van der Waals surface area contributed by atoms with Crippen molar-refractivity contribution in [1.82, 2.24) is 14.5 Å². The number of rotatable bonds is 1. The molecule has 3 heterocycles. The lowest BCUT2D eigenvalue weighted by Crippen LogP contribution is -2.17. The fraction of sp³-hybridized carbons (Fsp3) is 0.455. The highest BCUT2D eigenvalue weighted by atomic mass is 16.5. The van der Waals surface area contributed by atoms with Crippen molar-refractivity contribution < 1.29 is 4.74 Å². The van der Waals surface area contributed by atoms with E-state index in [0.717, 1.165) is 24.2 Å². The van der Waals surface area contributed by atoms with Gasteiger partial charge in [-0.05, 0) is 31.4 Å². The number of imidazole rings is 1. The van der Waals surface area contributed by atoms with Crippen LogP contribution in [0.1, 0.15) is 25.5 Å². The van der Waals surface area contributed by atoms with Crippen molar-refractivity contribution >= 4 is 11.2 Å². The average molecular weight is 203 g/mol. The van der Waals surface area contributed by atoms with E-state index in [1.54, 1.807) is 6.20 Å². The van der Waals surface area contributed by atoms with Crippen molar-refractivity contribution in [3.8, 4) is 0 Å². The molecule has 0 aromatic carbocycles. The van der Waals surface area contributed by atoms with Gasteiger partial charge in [0.05, 0.1) is 11.8 Å². The van der Waals surface area contributed by atoms with Crippen LogP contribution in [0, 0.1) is 0 Å². The maximum Gasteiger partial charge on any atom is 0.177 e. The first kappa shape index (κ1) is 8.85. The van der Waals surface area contributed by atoms with Crippen LogP contribution >= 0.6 is 0 Å². The van der Waals surface area contributed by atoms with Gasteiger partial charge in [0.2, 0.25) is 0 Å². The lowest BCUT2D eigenvalue weighted by molar-refractivity contribution is -0.0295. The molecule has 2 aromatic rings. The Morgan fingerprint density at radius 3 is 3.20 bits per heavy atom. The van der Waals surface area contributed by atoms with E-state index in [1.165, 1.54) is 12.8 Å². The van der Waals surface area contributed by atoms with E-state index >= 15 is 0 Å². The third-order valence-corrected chi connectivity index (χ3v) is 2.81. The molecular formula is C11H13N3O. The molecular weight excluding hydrogens is 190 g/mol. The summed E-state index contributed by atoms with van der Waals surface area (Å²) in [6.45, 7) is 0.852. The number of hydrogen-bond acceptors (Lipinski definition) is 3. The number of hydrogen-bond donors (Lipinski definition) is 0. The fourth-order valence-corrected chi connectivity index (χ4v) is 2.04. The van der Waals surface area contributed by atoms with E-state index < -0.39 is 0 Å². The minimum absolute atomic E-state index is 0.146. The molecule has 15 heavy (non-hydrogen) atoms. The Bertz CT molecular complexity index is 460. The SMILES string of the molecule is c1cnc2ncn(C3CCCCO3)c2c1. The molecule has 1 fully saturated rings. The Balaban J connectivity index is 2.02. The van der Waals surface area contributed by atoms with Crippen LogP contribution in [-0.2, 0) is 4.74 Å². The number of pyridine rings is 1. The van der Waals surface area contributed by atoms with Gasteiger partial charge < -0.3 is 9.30 Å². The van der Waals surface area contributed by atoms with Crippen molar-refractivity contribution in [3.63, 3.8) is 0 Å². The molecule has 1 atom stereocenters. The van der Waals surface area contributed by atoms with E-state index in [2.05, 4.69) is 14.5 Å². The van der Waals surface area contributed by atoms with Gasteiger partial charge in [-0.1, -0.05) is 0 Å². The zero-order valence-electron chi connectivity index (χ0n) is 8.47. The van der Waals surface area contributed by atoms with Crippen LogP contribution in [0.25, 0.3) is 11.2 Å². The number of aromatic nitrogens is 3. The van der Waals surface area contributed by atoms with Crippen molar-refractivity contribution in [2.45, 2.75) is 25.5 Å². The Morgan fingerprint density at radius 1 is 1.33 bits per heavy atom. The molecule has 0 N–H and O–H groups in total. The van der Waals surface area contributed by atoms with Crippen LogP contribution in [0.3, 0.4) is 0 Å². The zero-order chi connectivity index (χ0) is 10.1. The van der Waals surface area contributed by atoms with Crippen LogP contribution in [0.15, 0.2) is 24.7 Å². The molecule has 78 valence electrons. The van der Waals surface area contributed by atoms with Crippen LogP contribution in [0.2, 0.25) is 0 Å². The van der Waals surface area contributed by atoms with Gasteiger partial charge in [0.1, 0.15) is 6.23 Å². The molecule has 4 nitrogen and oxygen atoms in total. The predicted molar refractivity (Wildman–Crippen MR) is 56.4 cm³/mol. The smallest absolute Gasteiger partial charge is 0.177 e. The molecule has 4 heteroatoms. The third-order valence-electron chi connectivity index (χ3n) is 2.81. The first-order chi connectivity index (χ1) is 7.45. The van der Waals surface area contributed by atoms with Gasteiger partial charge in [0, 0.05) is 12.8 Å². The van der Waals surface area contributed by atoms with Gasteiger partial charge in [-0.15, -0.1) is 0 Å². The predicted octanol–water partition coefficient (Wildman–Crippen LogP) is 2.13. The highest BCUT2D eigenvalue weighted by Gasteiger charge is 2.17. The summed E-state index contributed by atoms with van der Waals surface area (Å²) in [6.07, 6.45) is 7.20. The molecule has 0 amide bonds. The van der Waals surface area contributed by atoms with E-state index in [9.17, 15) is 0 Å². The summed E-state index contributed by atoms with van der Waals surface area (Å²) in [5, 5.41) is 0. The molecule has 1 aliphatic rings. The van der Waals surface area contributed by atoms with Crippen LogP contribution in [0.5, 0.6) is 0 Å². The minimum atomic E-state index is 0.146. The van der Waals surface area contributed by atoms with E-state index in [4.69, 9.17) is 4.74 Å². The number of ether oxygens (including phenoxy) is 1. The lowest BCUT2D eigenvalue weighted by Gasteiger charge is -2.24. The molecule has 0 radical (unpaired) electrons. The number of fused-ring (bicyclic) bond motifs is 1. The second-order valence-electron chi connectivity index (χ2n) is 3.82. The van der Waals surface area contributed by atoms with E-state index in [-0.39, 0.29) is 6.23 Å². The van der Waals surface area contributed by atoms with Crippen molar-refractivity contribution in [1.29, 1.82) is 0 Å². The first-order valence-electron chi connectivity index (χ1n) is 5.34. The Hall–Kier alpha value is -1.42. The molecule has 0 aliphatic carbocycles. The maximum absolute atomic E-state index is 5.73. The Labute approximate surface area is 87.9 Å². The summed E-state index contributed by atoms with van der Waals surface area (Å²) in [5.41, 5.74) is 1.86. The molecule has 0 spiro atoms. The standard InChI is InChI=1S/C11H13N3O/c1-2-7-15-10(5-1)14-8-13-11-9(14)4-3-6-12-11/h3-4,6,8,10H,1-2,5,7H2. The Morgan fingerprint density at radius 2 is 2.33 bits per heavy atom. The second kappa shape index (κ2) is 3.62. The maximum atomic E-state index is 5.73. The molecule has 0 bridgehead atoms. The summed E-state index contributed by atoms with van der Waals surface area (Å²) in [6, 6.07) is 3.97. The lowest BCUT2D eigenvalue weighted by atomic mass is 10.2. The summed E-state index contributed by atoms with van der Waals surface area (Å²) < 4.78 is 7.81. The van der Waals surface area contributed by atoms with Gasteiger partial charge in [-0.3, -0.25) is 0 Å². The molecule has 1 aliphatic heterocycles. The molecule has 1 unspecified atom stereocenters. The monoisotopic (exact) mass is 203 g/mol. The van der Waals surface area contributed by atoms with E-state index in [1.807, 2.05) is 18.5 Å². The normalized spacial score (nSPS) is 22.0. The van der Waals surface area contributed by atoms with Crippen LogP contribution in [-0.4, -0.2) is 21.1 Å². The van der Waals surface area contributed by atoms with Crippen LogP contribution in [0.4, 0.5) is 0 Å². The van der Waals surface area contributed by atoms with Gasteiger partial charge in [0.25, 0.3) is 0 Å². The summed E-state index contributed by atoms with van der Waals surface area (Å²) in [4.78, 5) is 8.47. The highest BCUT2D eigenvalue weighted by molar-refractivity contribution is 5.70. The second-order valence-corrected chi connectivity index (χ2v) is 3.82. The summed E-state index contributed by atoms with van der Waals surface area (Å²) >= 11 is 0. The largest absolute Gasteiger partial charge is 0.358 e. The molecule has 0 saturated carbocycles. The van der Waals surface area contributed by atoms with Crippen LogP contribution < -0.4 is 0 Å². The average Bonchev–Trinajstić information content (AvgIpc) is 2.74. The van der Waals surface area contributed by atoms with Gasteiger partial charge in [-0.2, -0.15) is 0 Å².